The number of hydrogen-bond donors (Lipinski definition) is 0. The van der Waals surface area contributed by atoms with Gasteiger partial charge in [-0.05, 0) is 41.7 Å². The van der Waals surface area contributed by atoms with Crippen LogP contribution in [0, 0.1) is 29.6 Å². The molecular weight excluding hydrogens is 542 g/mol. The third kappa shape index (κ3) is 5.44. The molecule has 0 spiro atoms. The van der Waals surface area contributed by atoms with E-state index in [2.05, 4.69) is 69.9 Å². The van der Waals surface area contributed by atoms with Crippen LogP contribution in [0.25, 0.3) is 22.2 Å². The van der Waals surface area contributed by atoms with E-state index in [0.717, 1.165) is 16.8 Å². The average molecular weight is 568 g/mol. The maximum Gasteiger partial charge on any atom is 0.0709 e. The van der Waals surface area contributed by atoms with Crippen molar-refractivity contribution in [3.05, 3.63) is 96.3 Å². The zero-order chi connectivity index (χ0) is 18.7. The van der Waals surface area contributed by atoms with Crippen LogP contribution in [0.5, 0.6) is 0 Å². The number of benzene rings is 2. The summed E-state index contributed by atoms with van der Waals surface area (Å²) < 4.78 is 0. The van der Waals surface area contributed by atoms with E-state index in [-0.39, 0.29) is 32.5 Å². The average Bonchev–Trinajstić information content (AvgIpc) is 2.86. The van der Waals surface area contributed by atoms with Gasteiger partial charge in [0.05, 0.1) is 11.2 Å². The predicted molar refractivity (Wildman–Crippen MR) is 112 cm³/mol. The fraction of sp³-hybridized carbons (Fsp3) is 0.200. The van der Waals surface area contributed by atoms with Crippen LogP contribution in [-0.4, -0.2) is 4.98 Å². The topological polar surface area (TPSA) is 12.9 Å². The van der Waals surface area contributed by atoms with Gasteiger partial charge in [-0.3, -0.25) is 0 Å². The zero-order valence-corrected chi connectivity index (χ0v) is 20.2. The molecule has 3 heteroatoms. The Labute approximate surface area is 190 Å². The third-order valence-electron chi connectivity index (χ3n) is 5.48. The van der Waals surface area contributed by atoms with Crippen LogP contribution in [-0.2, 0) is 20.1 Å². The number of aromatic nitrogens is 1. The fourth-order valence-corrected chi connectivity index (χ4v) is 3.24. The van der Waals surface area contributed by atoms with Crippen molar-refractivity contribution >= 4 is 10.9 Å². The third-order valence-corrected chi connectivity index (χ3v) is 5.48. The number of hydrogen-bond acceptors (Lipinski definition) is 1. The van der Waals surface area contributed by atoms with Gasteiger partial charge >= 0.3 is 0 Å². The van der Waals surface area contributed by atoms with Crippen molar-refractivity contribution in [2.45, 2.75) is 34.6 Å². The minimum Gasteiger partial charge on any atom is -1.00 e. The summed E-state index contributed by atoms with van der Waals surface area (Å²) in [5.74, 6) is 7.34. The molecule has 148 valence electrons. The summed E-state index contributed by atoms with van der Waals surface area (Å²) in [6.45, 7) is 11.0. The Hall–Kier alpha value is -1.21. The van der Waals surface area contributed by atoms with Crippen LogP contribution in [0.4, 0.5) is 0 Å². The van der Waals surface area contributed by atoms with E-state index in [1.807, 2.05) is 36.4 Å². The Morgan fingerprint density at radius 3 is 1.54 bits per heavy atom. The van der Waals surface area contributed by atoms with Gasteiger partial charge in [0, 0.05) is 31.1 Å². The quantitative estimate of drug-likeness (QED) is 0.435. The number of para-hydroxylation sites is 1. The van der Waals surface area contributed by atoms with E-state index in [9.17, 15) is 0 Å². The molecule has 6 radical (unpaired) electrons. The first-order valence-electron chi connectivity index (χ1n) is 9.10. The molecule has 1 aliphatic rings. The SMILES string of the molecule is C[C]1[C](C)[C](C)[C](C)[C]1C.[Cl-].[Ir].c1ccc(-c2ccc3ccccc3n2)cc1. The molecule has 1 heterocycles. The van der Waals surface area contributed by atoms with Gasteiger partial charge in [-0.2, -0.15) is 0 Å². The Bertz CT molecular complexity index is 806. The van der Waals surface area contributed by atoms with Crippen molar-refractivity contribution in [3.8, 4) is 11.3 Å². The zero-order valence-electron chi connectivity index (χ0n) is 17.0. The summed E-state index contributed by atoms with van der Waals surface area (Å²) in [5.41, 5.74) is 3.23. The Morgan fingerprint density at radius 1 is 0.536 bits per heavy atom. The van der Waals surface area contributed by atoms with Gasteiger partial charge in [0.2, 0.25) is 0 Å². The molecule has 28 heavy (non-hydrogen) atoms. The summed E-state index contributed by atoms with van der Waals surface area (Å²) in [4.78, 5) is 4.65. The first-order valence-corrected chi connectivity index (χ1v) is 9.10. The minimum atomic E-state index is 0. The molecule has 0 amide bonds. The molecule has 1 fully saturated rings. The minimum absolute atomic E-state index is 0. The number of fused-ring (bicyclic) bond motifs is 1. The van der Waals surface area contributed by atoms with Gasteiger partial charge in [-0.1, -0.05) is 89.2 Å². The molecule has 2 aromatic carbocycles. The van der Waals surface area contributed by atoms with Crippen LogP contribution >= 0.6 is 0 Å². The van der Waals surface area contributed by atoms with Crippen molar-refractivity contribution < 1.29 is 32.5 Å². The summed E-state index contributed by atoms with van der Waals surface area (Å²) in [7, 11) is 0. The van der Waals surface area contributed by atoms with E-state index in [1.165, 1.54) is 35.0 Å². The van der Waals surface area contributed by atoms with Crippen molar-refractivity contribution in [2.75, 3.05) is 0 Å². The number of rotatable bonds is 1. The standard InChI is InChI=1S/C15H11N.C10H15.ClH.Ir/c1-2-6-12(7-3-1)15-11-10-13-8-4-5-9-14(13)16-15;1-6-7(2)9(4)10(5)8(6)3;;/h1-11H;1-5H3;1H;/p-1. The van der Waals surface area contributed by atoms with Crippen molar-refractivity contribution in [1.29, 1.82) is 0 Å². The smallest absolute Gasteiger partial charge is 0.0709 e. The van der Waals surface area contributed by atoms with Gasteiger partial charge in [-0.15, -0.1) is 0 Å². The van der Waals surface area contributed by atoms with E-state index in [4.69, 9.17) is 0 Å². The summed E-state index contributed by atoms with van der Waals surface area (Å²) >= 11 is 0. The number of halogens is 1. The molecule has 3 aromatic rings. The molecule has 0 saturated heterocycles. The second-order valence-corrected chi connectivity index (χ2v) is 6.88. The van der Waals surface area contributed by atoms with Crippen molar-refractivity contribution in [2.24, 2.45) is 0 Å². The van der Waals surface area contributed by atoms with Crippen LogP contribution in [0.2, 0.25) is 0 Å². The Balaban J connectivity index is 0.000000288. The van der Waals surface area contributed by atoms with E-state index in [0.29, 0.717) is 0 Å². The van der Waals surface area contributed by atoms with E-state index >= 15 is 0 Å². The molecule has 0 aliphatic heterocycles. The van der Waals surface area contributed by atoms with Crippen LogP contribution in [0.3, 0.4) is 0 Å². The summed E-state index contributed by atoms with van der Waals surface area (Å²) in [6, 6.07) is 22.6. The van der Waals surface area contributed by atoms with Crippen molar-refractivity contribution in [3.63, 3.8) is 0 Å². The first kappa shape index (κ1) is 24.8. The molecule has 1 aromatic heterocycles. The molecular formula is C25H26ClIrN-. The number of pyridine rings is 1. The monoisotopic (exact) mass is 568 g/mol. The second kappa shape index (κ2) is 11.1. The first-order chi connectivity index (χ1) is 12.5. The van der Waals surface area contributed by atoms with Gasteiger partial charge in [0.15, 0.2) is 0 Å². The van der Waals surface area contributed by atoms with Gasteiger partial charge in [0.25, 0.3) is 0 Å². The molecule has 0 unspecified atom stereocenters. The molecule has 4 rings (SSSR count). The maximum atomic E-state index is 4.65. The molecule has 1 aliphatic carbocycles. The molecule has 0 bridgehead atoms. The van der Waals surface area contributed by atoms with Crippen molar-refractivity contribution in [1.82, 2.24) is 4.98 Å². The normalized spacial score (nSPS) is 16.2. The fourth-order valence-electron chi connectivity index (χ4n) is 3.24. The van der Waals surface area contributed by atoms with E-state index < -0.39 is 0 Å². The molecule has 0 N–H and O–H groups in total. The summed E-state index contributed by atoms with van der Waals surface area (Å²) in [5, 5.41) is 1.18. The summed E-state index contributed by atoms with van der Waals surface area (Å²) in [6.07, 6.45) is 0. The Morgan fingerprint density at radius 2 is 1.00 bits per heavy atom. The molecule has 1 nitrogen and oxygen atoms in total. The van der Waals surface area contributed by atoms with Crippen LogP contribution in [0.15, 0.2) is 66.7 Å². The van der Waals surface area contributed by atoms with Gasteiger partial charge in [-0.25, -0.2) is 4.98 Å². The van der Waals surface area contributed by atoms with Gasteiger partial charge in [0.1, 0.15) is 0 Å². The van der Waals surface area contributed by atoms with E-state index in [1.54, 1.807) is 0 Å². The van der Waals surface area contributed by atoms with Crippen LogP contribution in [0.1, 0.15) is 34.6 Å². The Kier molecular flexibility index (Phi) is 9.84. The second-order valence-electron chi connectivity index (χ2n) is 6.88. The molecule has 1 saturated carbocycles. The van der Waals surface area contributed by atoms with Crippen LogP contribution < -0.4 is 12.4 Å². The predicted octanol–water partition coefficient (Wildman–Crippen LogP) is 3.88. The maximum absolute atomic E-state index is 4.65. The largest absolute Gasteiger partial charge is 1.00 e. The number of nitrogens with zero attached hydrogens (tertiary/aromatic N) is 1. The molecule has 0 atom stereocenters. The van der Waals surface area contributed by atoms with Gasteiger partial charge < -0.3 is 12.4 Å².